The van der Waals surface area contributed by atoms with E-state index in [-0.39, 0.29) is 32.0 Å². The molecule has 0 atom stereocenters. The SMILES string of the molecule is COCCOC(=O)/C=C/C(=O)OCC(=O)Cc1ccccc1. The molecule has 1 rings (SSSR count). The molecule has 0 aliphatic carbocycles. The van der Waals surface area contributed by atoms with Crippen LogP contribution in [0.25, 0.3) is 0 Å². The number of hydrogen-bond donors (Lipinski definition) is 0. The van der Waals surface area contributed by atoms with E-state index in [0.717, 1.165) is 17.7 Å². The molecule has 0 bridgehead atoms. The number of methoxy groups -OCH3 is 1. The first kappa shape index (κ1) is 17.6. The minimum atomic E-state index is -0.773. The van der Waals surface area contributed by atoms with Gasteiger partial charge in [-0.3, -0.25) is 4.79 Å². The summed E-state index contributed by atoms with van der Waals surface area (Å²) in [5.41, 5.74) is 0.848. The molecule has 22 heavy (non-hydrogen) atoms. The quantitative estimate of drug-likeness (QED) is 0.386. The van der Waals surface area contributed by atoms with Crippen LogP contribution in [0.2, 0.25) is 0 Å². The lowest BCUT2D eigenvalue weighted by atomic mass is 10.1. The molecule has 0 N–H and O–H groups in total. The van der Waals surface area contributed by atoms with Gasteiger partial charge in [0.1, 0.15) is 6.61 Å². The second kappa shape index (κ2) is 10.3. The molecule has 0 fully saturated rings. The molecular weight excluding hydrogens is 288 g/mol. The van der Waals surface area contributed by atoms with Gasteiger partial charge in [-0.25, -0.2) is 9.59 Å². The van der Waals surface area contributed by atoms with Crippen LogP contribution in [0.15, 0.2) is 42.5 Å². The lowest BCUT2D eigenvalue weighted by Gasteiger charge is -2.02. The van der Waals surface area contributed by atoms with Gasteiger partial charge in [0.25, 0.3) is 0 Å². The molecule has 6 heteroatoms. The van der Waals surface area contributed by atoms with Crippen LogP contribution in [0, 0.1) is 0 Å². The highest BCUT2D eigenvalue weighted by atomic mass is 16.6. The minimum absolute atomic E-state index is 0.101. The van der Waals surface area contributed by atoms with Crippen LogP contribution in [-0.2, 0) is 35.0 Å². The van der Waals surface area contributed by atoms with Gasteiger partial charge < -0.3 is 14.2 Å². The molecule has 0 saturated heterocycles. The van der Waals surface area contributed by atoms with Crippen molar-refractivity contribution < 1.29 is 28.6 Å². The van der Waals surface area contributed by atoms with Gasteiger partial charge >= 0.3 is 11.9 Å². The van der Waals surface area contributed by atoms with Gasteiger partial charge in [0.15, 0.2) is 12.4 Å². The summed E-state index contributed by atoms with van der Waals surface area (Å²) in [6.07, 6.45) is 2.06. The fourth-order valence-electron chi connectivity index (χ4n) is 1.48. The molecular formula is C16H18O6. The van der Waals surface area contributed by atoms with Gasteiger partial charge in [-0.05, 0) is 5.56 Å². The number of Topliss-reactive ketones (excluding diaryl/α,β-unsaturated/α-hetero) is 1. The fourth-order valence-corrected chi connectivity index (χ4v) is 1.48. The molecule has 0 heterocycles. The van der Waals surface area contributed by atoms with Gasteiger partial charge in [0.2, 0.25) is 0 Å². The van der Waals surface area contributed by atoms with Gasteiger partial charge in [-0.2, -0.15) is 0 Å². The largest absolute Gasteiger partial charge is 0.460 e. The Morgan fingerprint density at radius 3 is 2.23 bits per heavy atom. The Labute approximate surface area is 128 Å². The van der Waals surface area contributed by atoms with Crippen molar-refractivity contribution >= 4 is 17.7 Å². The highest BCUT2D eigenvalue weighted by Crippen LogP contribution is 2.00. The van der Waals surface area contributed by atoms with Crippen molar-refractivity contribution in [3.8, 4) is 0 Å². The molecule has 1 aromatic carbocycles. The Bertz CT molecular complexity index is 521. The topological polar surface area (TPSA) is 78.9 Å². The third-order valence-electron chi connectivity index (χ3n) is 2.51. The minimum Gasteiger partial charge on any atom is -0.460 e. The van der Waals surface area contributed by atoms with E-state index in [1.165, 1.54) is 7.11 Å². The van der Waals surface area contributed by atoms with Crippen molar-refractivity contribution in [1.29, 1.82) is 0 Å². The number of hydrogen-bond acceptors (Lipinski definition) is 6. The Hall–Kier alpha value is -2.47. The summed E-state index contributed by atoms with van der Waals surface area (Å²) in [7, 11) is 1.48. The summed E-state index contributed by atoms with van der Waals surface area (Å²) in [5.74, 6) is -1.68. The zero-order chi connectivity index (χ0) is 16.2. The van der Waals surface area contributed by atoms with E-state index in [1.807, 2.05) is 30.3 Å². The average molecular weight is 306 g/mol. The zero-order valence-corrected chi connectivity index (χ0v) is 12.3. The summed E-state index contributed by atoms with van der Waals surface area (Å²) in [6, 6.07) is 9.13. The van der Waals surface area contributed by atoms with Crippen molar-refractivity contribution in [2.75, 3.05) is 26.9 Å². The Balaban J connectivity index is 2.24. The molecule has 0 aromatic heterocycles. The number of carbonyl (C=O) groups is 3. The van der Waals surface area contributed by atoms with Crippen LogP contribution in [-0.4, -0.2) is 44.7 Å². The van der Waals surface area contributed by atoms with Gasteiger partial charge in [0.05, 0.1) is 6.61 Å². The normalized spacial score (nSPS) is 10.4. The fraction of sp³-hybridized carbons (Fsp3) is 0.312. The van der Waals surface area contributed by atoms with E-state index in [4.69, 9.17) is 14.2 Å². The van der Waals surface area contributed by atoms with Crippen LogP contribution < -0.4 is 0 Å². The lowest BCUT2D eigenvalue weighted by Crippen LogP contribution is -2.15. The second-order valence-electron chi connectivity index (χ2n) is 4.30. The van der Waals surface area contributed by atoms with Crippen LogP contribution in [0.5, 0.6) is 0 Å². The number of esters is 2. The van der Waals surface area contributed by atoms with Gasteiger partial charge in [-0.15, -0.1) is 0 Å². The van der Waals surface area contributed by atoms with Crippen molar-refractivity contribution in [2.24, 2.45) is 0 Å². The number of rotatable bonds is 9. The van der Waals surface area contributed by atoms with Crippen molar-refractivity contribution in [2.45, 2.75) is 6.42 Å². The summed E-state index contributed by atoms with van der Waals surface area (Å²) in [5, 5.41) is 0. The maximum atomic E-state index is 11.6. The molecule has 0 aliphatic heterocycles. The molecule has 1 aromatic rings. The zero-order valence-electron chi connectivity index (χ0n) is 12.3. The van der Waals surface area contributed by atoms with E-state index >= 15 is 0 Å². The molecule has 0 saturated carbocycles. The molecule has 0 radical (unpaired) electrons. The summed E-state index contributed by atoms with van der Waals surface area (Å²) in [4.78, 5) is 34.1. The molecule has 6 nitrogen and oxygen atoms in total. The maximum absolute atomic E-state index is 11.6. The molecule has 0 unspecified atom stereocenters. The summed E-state index contributed by atoms with van der Waals surface area (Å²) in [6.45, 7) is 0.0408. The first-order chi connectivity index (χ1) is 10.6. The lowest BCUT2D eigenvalue weighted by molar-refractivity contribution is -0.143. The van der Waals surface area contributed by atoms with Crippen LogP contribution in [0.1, 0.15) is 5.56 Å². The van der Waals surface area contributed by atoms with Crippen molar-refractivity contribution in [1.82, 2.24) is 0 Å². The van der Waals surface area contributed by atoms with E-state index in [9.17, 15) is 14.4 Å². The first-order valence-electron chi connectivity index (χ1n) is 6.68. The standard InChI is InChI=1S/C16H18O6/c1-20-9-10-21-15(18)7-8-16(19)22-12-14(17)11-13-5-3-2-4-6-13/h2-8H,9-12H2,1H3/b8-7+. The molecule has 0 amide bonds. The van der Waals surface area contributed by atoms with Crippen LogP contribution in [0.3, 0.4) is 0 Å². The van der Waals surface area contributed by atoms with E-state index in [1.54, 1.807) is 0 Å². The van der Waals surface area contributed by atoms with E-state index in [2.05, 4.69) is 0 Å². The third-order valence-corrected chi connectivity index (χ3v) is 2.51. The first-order valence-corrected chi connectivity index (χ1v) is 6.68. The molecule has 0 aliphatic rings. The number of ketones is 1. The van der Waals surface area contributed by atoms with Crippen molar-refractivity contribution in [3.63, 3.8) is 0 Å². The second-order valence-corrected chi connectivity index (χ2v) is 4.30. The summed E-state index contributed by atoms with van der Waals surface area (Å²) < 4.78 is 14.2. The third kappa shape index (κ3) is 7.96. The van der Waals surface area contributed by atoms with E-state index in [0.29, 0.717) is 0 Å². The Kier molecular flexibility index (Phi) is 8.22. The Morgan fingerprint density at radius 2 is 1.59 bits per heavy atom. The van der Waals surface area contributed by atoms with Gasteiger partial charge in [-0.1, -0.05) is 30.3 Å². The molecule has 0 spiro atoms. The Morgan fingerprint density at radius 1 is 0.955 bits per heavy atom. The summed E-state index contributed by atoms with van der Waals surface area (Å²) >= 11 is 0. The van der Waals surface area contributed by atoms with Crippen molar-refractivity contribution in [3.05, 3.63) is 48.0 Å². The van der Waals surface area contributed by atoms with Crippen LogP contribution >= 0.6 is 0 Å². The number of ether oxygens (including phenoxy) is 3. The van der Waals surface area contributed by atoms with E-state index < -0.39 is 11.9 Å². The molecule has 118 valence electrons. The number of carbonyl (C=O) groups excluding carboxylic acids is 3. The maximum Gasteiger partial charge on any atom is 0.331 e. The highest BCUT2D eigenvalue weighted by molar-refractivity contribution is 5.93. The van der Waals surface area contributed by atoms with Gasteiger partial charge in [0, 0.05) is 25.7 Å². The van der Waals surface area contributed by atoms with Crippen LogP contribution in [0.4, 0.5) is 0 Å². The average Bonchev–Trinajstić information content (AvgIpc) is 2.52. The monoisotopic (exact) mass is 306 g/mol. The highest BCUT2D eigenvalue weighted by Gasteiger charge is 2.07. The smallest absolute Gasteiger partial charge is 0.331 e. The number of benzene rings is 1. The predicted molar refractivity (Wildman–Crippen MR) is 78.1 cm³/mol. The predicted octanol–water partition coefficient (Wildman–Crippen LogP) is 1.09.